The Hall–Kier alpha value is -2.21. The molecule has 0 spiro atoms. The number of halogens is 1. The average Bonchev–Trinajstić information content (AvgIpc) is 2.94. The molecule has 0 aliphatic carbocycles. The molecule has 0 N–H and O–H groups in total. The van der Waals surface area contributed by atoms with Gasteiger partial charge in [0.2, 0.25) is 0 Å². The lowest BCUT2D eigenvalue weighted by Crippen LogP contribution is -2.41. The Kier molecular flexibility index (Phi) is 4.90. The molecule has 1 unspecified atom stereocenters. The molecule has 2 aromatic rings. The number of sulfone groups is 1. The summed E-state index contributed by atoms with van der Waals surface area (Å²) in [6, 6.07) is 13.0. The van der Waals surface area contributed by atoms with E-state index in [9.17, 15) is 17.6 Å². The summed E-state index contributed by atoms with van der Waals surface area (Å²) in [5.41, 5.74) is 1.96. The van der Waals surface area contributed by atoms with Gasteiger partial charge in [-0.25, -0.2) is 12.8 Å². The molecular weight excluding hydrogens is 341 g/mol. The fourth-order valence-corrected chi connectivity index (χ4v) is 4.80. The maximum atomic E-state index is 14.1. The Morgan fingerprint density at radius 2 is 1.84 bits per heavy atom. The highest BCUT2D eigenvalue weighted by molar-refractivity contribution is 7.91. The lowest BCUT2D eigenvalue weighted by Gasteiger charge is -2.28. The topological polar surface area (TPSA) is 54.5 Å². The molecule has 1 atom stereocenters. The Morgan fingerprint density at radius 1 is 1.16 bits per heavy atom. The van der Waals surface area contributed by atoms with Crippen molar-refractivity contribution < 1.29 is 17.6 Å². The summed E-state index contributed by atoms with van der Waals surface area (Å²) < 4.78 is 37.8. The van der Waals surface area contributed by atoms with Crippen LogP contribution in [0.2, 0.25) is 0 Å². The van der Waals surface area contributed by atoms with Gasteiger partial charge in [-0.3, -0.25) is 4.79 Å². The molecule has 1 heterocycles. The highest BCUT2D eigenvalue weighted by Gasteiger charge is 2.35. The standard InChI is InChI=1S/C19H20FNO3S/c1-14-6-8-15(9-7-14)12-21(16-10-11-25(23,24)13-16)19(22)17-4-2-3-5-18(17)20/h2-9,16H,10-13H2,1H3. The average molecular weight is 361 g/mol. The minimum absolute atomic E-state index is 0.0288. The second kappa shape index (κ2) is 6.96. The van der Waals surface area contributed by atoms with Gasteiger partial charge in [-0.2, -0.15) is 0 Å². The third-order valence-corrected chi connectivity index (χ3v) is 6.24. The summed E-state index contributed by atoms with van der Waals surface area (Å²) in [6.07, 6.45) is 0.383. The lowest BCUT2D eigenvalue weighted by molar-refractivity contribution is 0.0676. The first kappa shape index (κ1) is 17.6. The zero-order chi connectivity index (χ0) is 18.0. The van der Waals surface area contributed by atoms with Crippen molar-refractivity contribution in [1.29, 1.82) is 0 Å². The number of carbonyl (C=O) groups is 1. The summed E-state index contributed by atoms with van der Waals surface area (Å²) in [5.74, 6) is -1.07. The fraction of sp³-hybridized carbons (Fsp3) is 0.316. The van der Waals surface area contributed by atoms with Crippen molar-refractivity contribution in [3.63, 3.8) is 0 Å². The first-order valence-electron chi connectivity index (χ1n) is 8.17. The lowest BCUT2D eigenvalue weighted by atomic mass is 10.1. The van der Waals surface area contributed by atoms with E-state index in [-0.39, 0.29) is 23.6 Å². The molecular formula is C19H20FNO3S. The molecule has 0 radical (unpaired) electrons. The van der Waals surface area contributed by atoms with Gasteiger partial charge in [0.15, 0.2) is 9.84 Å². The minimum atomic E-state index is -3.15. The molecule has 0 aromatic heterocycles. The zero-order valence-electron chi connectivity index (χ0n) is 14.0. The molecule has 1 amide bonds. The highest BCUT2D eigenvalue weighted by atomic mass is 32.2. The van der Waals surface area contributed by atoms with E-state index in [2.05, 4.69) is 0 Å². The van der Waals surface area contributed by atoms with Gasteiger partial charge in [-0.05, 0) is 31.0 Å². The largest absolute Gasteiger partial charge is 0.330 e. The van der Waals surface area contributed by atoms with Crippen molar-refractivity contribution in [3.05, 3.63) is 71.0 Å². The molecule has 2 aromatic carbocycles. The second-order valence-corrected chi connectivity index (χ2v) is 8.68. The number of hydrogen-bond acceptors (Lipinski definition) is 3. The molecule has 132 valence electrons. The monoisotopic (exact) mass is 361 g/mol. The normalized spacial score (nSPS) is 18.9. The molecule has 1 saturated heterocycles. The van der Waals surface area contributed by atoms with Crippen LogP contribution in [-0.2, 0) is 16.4 Å². The molecule has 4 nitrogen and oxygen atoms in total. The molecule has 3 rings (SSSR count). The summed E-state index contributed by atoms with van der Waals surface area (Å²) in [7, 11) is -3.15. The third-order valence-electron chi connectivity index (χ3n) is 4.49. The van der Waals surface area contributed by atoms with Gasteiger partial charge in [-0.15, -0.1) is 0 Å². The molecule has 1 fully saturated rings. The van der Waals surface area contributed by atoms with E-state index in [1.807, 2.05) is 31.2 Å². The van der Waals surface area contributed by atoms with Crippen molar-refractivity contribution in [1.82, 2.24) is 4.90 Å². The number of aryl methyl sites for hydroxylation is 1. The van der Waals surface area contributed by atoms with Gasteiger partial charge in [0.1, 0.15) is 5.82 Å². The van der Waals surface area contributed by atoms with E-state index in [4.69, 9.17) is 0 Å². The number of benzene rings is 2. The smallest absolute Gasteiger partial charge is 0.257 e. The first-order chi connectivity index (χ1) is 11.9. The van der Waals surface area contributed by atoms with Crippen molar-refractivity contribution in [2.45, 2.75) is 25.9 Å². The number of amides is 1. The number of nitrogens with zero attached hydrogens (tertiary/aromatic N) is 1. The van der Waals surface area contributed by atoms with Crippen LogP contribution in [0, 0.1) is 12.7 Å². The van der Waals surface area contributed by atoms with E-state index in [1.54, 1.807) is 6.07 Å². The van der Waals surface area contributed by atoms with E-state index in [1.165, 1.54) is 23.1 Å². The maximum Gasteiger partial charge on any atom is 0.257 e. The predicted molar refractivity (Wildman–Crippen MR) is 94.5 cm³/mol. The summed E-state index contributed by atoms with van der Waals surface area (Å²) in [4.78, 5) is 14.4. The van der Waals surface area contributed by atoms with Gasteiger partial charge in [-0.1, -0.05) is 42.0 Å². The summed E-state index contributed by atoms with van der Waals surface area (Å²) in [5, 5.41) is 0. The van der Waals surface area contributed by atoms with Crippen LogP contribution in [0.25, 0.3) is 0 Å². The van der Waals surface area contributed by atoms with Gasteiger partial charge in [0.25, 0.3) is 5.91 Å². The quantitative estimate of drug-likeness (QED) is 0.841. The van der Waals surface area contributed by atoms with Crippen LogP contribution < -0.4 is 0 Å². The Labute approximate surface area is 147 Å². The van der Waals surface area contributed by atoms with Crippen LogP contribution in [0.1, 0.15) is 27.9 Å². The Morgan fingerprint density at radius 3 is 2.44 bits per heavy atom. The van der Waals surface area contributed by atoms with Crippen molar-refractivity contribution in [2.75, 3.05) is 11.5 Å². The SMILES string of the molecule is Cc1ccc(CN(C(=O)c2ccccc2F)C2CCS(=O)(=O)C2)cc1. The summed E-state index contributed by atoms with van der Waals surface area (Å²) in [6.45, 7) is 2.23. The van der Waals surface area contributed by atoms with Crippen molar-refractivity contribution in [3.8, 4) is 0 Å². The predicted octanol–water partition coefficient (Wildman–Crippen LogP) is 2.96. The van der Waals surface area contributed by atoms with Gasteiger partial charge >= 0.3 is 0 Å². The maximum absolute atomic E-state index is 14.1. The number of hydrogen-bond donors (Lipinski definition) is 0. The number of rotatable bonds is 4. The highest BCUT2D eigenvalue weighted by Crippen LogP contribution is 2.23. The molecule has 1 aliphatic heterocycles. The summed E-state index contributed by atoms with van der Waals surface area (Å²) >= 11 is 0. The van der Waals surface area contributed by atoms with Gasteiger partial charge < -0.3 is 4.90 Å². The molecule has 0 saturated carbocycles. The van der Waals surface area contributed by atoms with Crippen LogP contribution >= 0.6 is 0 Å². The number of carbonyl (C=O) groups excluding carboxylic acids is 1. The van der Waals surface area contributed by atoms with E-state index in [0.29, 0.717) is 6.42 Å². The van der Waals surface area contributed by atoms with Gasteiger partial charge in [0.05, 0.1) is 17.1 Å². The van der Waals surface area contributed by atoms with E-state index >= 15 is 0 Å². The molecule has 6 heteroatoms. The van der Waals surface area contributed by atoms with Crippen LogP contribution in [0.4, 0.5) is 4.39 Å². The fourth-order valence-electron chi connectivity index (χ4n) is 3.07. The van der Waals surface area contributed by atoms with Crippen LogP contribution in [0.3, 0.4) is 0 Å². The van der Waals surface area contributed by atoms with Crippen LogP contribution in [0.15, 0.2) is 48.5 Å². The van der Waals surface area contributed by atoms with E-state index < -0.39 is 27.6 Å². The minimum Gasteiger partial charge on any atom is -0.330 e. The second-order valence-electron chi connectivity index (χ2n) is 6.46. The molecule has 0 bridgehead atoms. The van der Waals surface area contributed by atoms with Crippen molar-refractivity contribution in [2.24, 2.45) is 0 Å². The Balaban J connectivity index is 1.92. The Bertz CT molecular complexity index is 878. The van der Waals surface area contributed by atoms with Crippen molar-refractivity contribution >= 4 is 15.7 Å². The van der Waals surface area contributed by atoms with E-state index in [0.717, 1.165) is 11.1 Å². The zero-order valence-corrected chi connectivity index (χ0v) is 14.8. The van der Waals surface area contributed by atoms with Crippen LogP contribution in [-0.4, -0.2) is 36.8 Å². The molecule has 1 aliphatic rings. The first-order valence-corrected chi connectivity index (χ1v) is 9.99. The molecule has 25 heavy (non-hydrogen) atoms. The third kappa shape index (κ3) is 4.07. The van der Waals surface area contributed by atoms with Gasteiger partial charge in [0, 0.05) is 12.6 Å². The van der Waals surface area contributed by atoms with Crippen LogP contribution in [0.5, 0.6) is 0 Å².